The van der Waals surface area contributed by atoms with Crippen LogP contribution in [0.5, 0.6) is 0 Å². The maximum absolute atomic E-state index is 11.9. The molecule has 0 bridgehead atoms. The van der Waals surface area contributed by atoms with Crippen LogP contribution in [0.2, 0.25) is 0 Å². The number of unbranched alkanes of at least 4 members (excludes halogenated alkanes) is 7. The smallest absolute Gasteiger partial charge is 0.862 e. The number of amides is 1. The van der Waals surface area contributed by atoms with E-state index >= 15 is 0 Å². The molecule has 0 spiro atoms. The van der Waals surface area contributed by atoms with Crippen LogP contribution in [0.25, 0.3) is 0 Å². The average Bonchev–Trinajstić information content (AvgIpc) is 2.52. The molecular formula is C18H33N2NaO4. The first-order chi connectivity index (χ1) is 11.4. The number of aliphatic imine (C=N–C) groups is 1. The summed E-state index contributed by atoms with van der Waals surface area (Å²) in [4.78, 5) is 26.4. The Bertz CT molecular complexity index is 401. The summed E-state index contributed by atoms with van der Waals surface area (Å²) in [6, 6.07) is -0.814. The van der Waals surface area contributed by atoms with E-state index in [0.29, 0.717) is 6.42 Å². The summed E-state index contributed by atoms with van der Waals surface area (Å²) in [6.07, 6.45) is 9.55. The quantitative estimate of drug-likeness (QED) is 0.188. The normalized spacial score (nSPS) is 12.6. The summed E-state index contributed by atoms with van der Waals surface area (Å²) in [5, 5.41) is 22.8. The Kier molecular flexibility index (Phi) is 18.0. The van der Waals surface area contributed by atoms with Crippen molar-refractivity contribution in [2.45, 2.75) is 84.6 Å². The minimum atomic E-state index is -1.11. The molecule has 0 aliphatic heterocycles. The van der Waals surface area contributed by atoms with E-state index in [-0.39, 0.29) is 41.4 Å². The van der Waals surface area contributed by atoms with Crippen LogP contribution in [0.3, 0.4) is 0 Å². The number of aliphatic carboxylic acids is 1. The average molecular weight is 364 g/mol. The second kappa shape index (κ2) is 16.9. The summed E-state index contributed by atoms with van der Waals surface area (Å²) in [5.74, 6) is -2.04. The minimum Gasteiger partial charge on any atom is -0.862 e. The molecule has 0 aromatic heterocycles. The summed E-state index contributed by atoms with van der Waals surface area (Å²) in [7, 11) is 0. The van der Waals surface area contributed by atoms with E-state index in [9.17, 15) is 14.7 Å². The maximum Gasteiger partial charge on any atom is 1.00 e. The standard InChI is InChI=1S/C18H34N2O4.Na/c1-4-5-6-7-8-9-10-11-12-15(21)20-17(14(2)3)18(24)19-13-16(22)23;/h14,17H,4-13H2,1-3H3,(H,19,24)(H,20,21)(H,22,23);/q;+1/p-1/t17-;/m0./s1. The van der Waals surface area contributed by atoms with E-state index in [2.05, 4.69) is 17.2 Å². The fourth-order valence-corrected chi connectivity index (χ4v) is 2.41. The van der Waals surface area contributed by atoms with Crippen LogP contribution in [0.15, 0.2) is 4.99 Å². The topological polar surface area (TPSA) is 102 Å². The van der Waals surface area contributed by atoms with E-state index in [1.54, 1.807) is 13.8 Å². The van der Waals surface area contributed by atoms with Gasteiger partial charge in [0.1, 0.15) is 12.6 Å². The Hall–Kier alpha value is -0.590. The van der Waals surface area contributed by atoms with Crippen molar-refractivity contribution in [2.75, 3.05) is 6.54 Å². The van der Waals surface area contributed by atoms with Crippen molar-refractivity contribution in [3.63, 3.8) is 0 Å². The second-order valence-corrected chi connectivity index (χ2v) is 6.55. The van der Waals surface area contributed by atoms with Crippen LogP contribution in [-0.2, 0) is 9.59 Å². The molecule has 7 heteroatoms. The number of hydrogen-bond donors (Lipinski definition) is 2. The van der Waals surface area contributed by atoms with Gasteiger partial charge in [0, 0.05) is 0 Å². The van der Waals surface area contributed by atoms with Gasteiger partial charge in [0.25, 0.3) is 0 Å². The van der Waals surface area contributed by atoms with Crippen molar-refractivity contribution < 1.29 is 49.4 Å². The molecule has 0 saturated carbocycles. The van der Waals surface area contributed by atoms with Crippen molar-refractivity contribution in [1.29, 1.82) is 0 Å². The Labute approximate surface area is 174 Å². The zero-order chi connectivity index (χ0) is 18.4. The van der Waals surface area contributed by atoms with E-state index in [0.717, 1.165) is 19.3 Å². The van der Waals surface area contributed by atoms with Crippen LogP contribution in [0, 0.1) is 5.92 Å². The number of carbonyl (C=O) groups is 2. The molecule has 6 nitrogen and oxygen atoms in total. The van der Waals surface area contributed by atoms with Crippen molar-refractivity contribution >= 4 is 17.8 Å². The molecule has 25 heavy (non-hydrogen) atoms. The fraction of sp³-hybridized carbons (Fsp3) is 0.833. The third-order valence-corrected chi connectivity index (χ3v) is 3.84. The largest absolute Gasteiger partial charge is 1.00 e. The molecule has 0 fully saturated rings. The first kappa shape index (κ1) is 26.6. The zero-order valence-corrected chi connectivity index (χ0v) is 18.3. The van der Waals surface area contributed by atoms with Gasteiger partial charge < -0.3 is 15.5 Å². The molecule has 1 atom stereocenters. The molecule has 0 unspecified atom stereocenters. The summed E-state index contributed by atoms with van der Waals surface area (Å²) < 4.78 is 0. The fourth-order valence-electron chi connectivity index (χ4n) is 2.41. The second-order valence-electron chi connectivity index (χ2n) is 6.55. The van der Waals surface area contributed by atoms with Gasteiger partial charge in [0.2, 0.25) is 5.91 Å². The molecule has 0 aromatic carbocycles. The van der Waals surface area contributed by atoms with Crippen LogP contribution in [0.4, 0.5) is 0 Å². The Balaban J connectivity index is 0. The third-order valence-electron chi connectivity index (χ3n) is 3.84. The van der Waals surface area contributed by atoms with Gasteiger partial charge in [-0.25, -0.2) is 0 Å². The summed E-state index contributed by atoms with van der Waals surface area (Å²) >= 11 is 0. The predicted octanol–water partition coefficient (Wildman–Crippen LogP) is -0.495. The number of nitrogens with zero attached hydrogens (tertiary/aromatic N) is 1. The Morgan fingerprint density at radius 3 is 2.04 bits per heavy atom. The SMILES string of the molecule is CCCCCCCCCCC([O-])=N[C@H](C(=O)NCC(=O)O)C(C)C.[Na+]. The van der Waals surface area contributed by atoms with Crippen molar-refractivity contribution in [2.24, 2.45) is 10.9 Å². The molecule has 0 heterocycles. The Morgan fingerprint density at radius 1 is 1.04 bits per heavy atom. The van der Waals surface area contributed by atoms with Crippen molar-refractivity contribution in [3.05, 3.63) is 0 Å². The van der Waals surface area contributed by atoms with Crippen LogP contribution >= 0.6 is 0 Å². The van der Waals surface area contributed by atoms with E-state index in [1.165, 1.54) is 32.1 Å². The van der Waals surface area contributed by atoms with E-state index < -0.39 is 24.5 Å². The molecule has 0 aliphatic rings. The summed E-state index contributed by atoms with van der Waals surface area (Å²) in [6.45, 7) is 5.32. The minimum absolute atomic E-state index is 0. The van der Waals surface area contributed by atoms with Crippen LogP contribution in [0.1, 0.15) is 78.6 Å². The van der Waals surface area contributed by atoms with Gasteiger partial charge >= 0.3 is 35.5 Å². The third kappa shape index (κ3) is 15.4. The van der Waals surface area contributed by atoms with Crippen LogP contribution in [-0.4, -0.2) is 35.5 Å². The molecule has 0 aromatic rings. The molecule has 0 radical (unpaired) electrons. The van der Waals surface area contributed by atoms with Gasteiger partial charge in [-0.15, -0.1) is 0 Å². The van der Waals surface area contributed by atoms with Crippen LogP contribution < -0.4 is 40.0 Å². The number of carboxylic acid groups (broad SMARTS) is 1. The van der Waals surface area contributed by atoms with E-state index in [1.807, 2.05) is 0 Å². The monoisotopic (exact) mass is 364 g/mol. The molecule has 2 N–H and O–H groups in total. The number of nitrogens with one attached hydrogen (secondary N) is 1. The van der Waals surface area contributed by atoms with Gasteiger partial charge in [0.05, 0.1) is 0 Å². The number of hydrogen-bond acceptors (Lipinski definition) is 4. The molecule has 1 amide bonds. The molecule has 0 saturated heterocycles. The van der Waals surface area contributed by atoms with Crippen molar-refractivity contribution in [3.8, 4) is 0 Å². The first-order valence-corrected chi connectivity index (χ1v) is 9.11. The predicted molar refractivity (Wildman–Crippen MR) is 93.9 cm³/mol. The van der Waals surface area contributed by atoms with Gasteiger partial charge in [-0.2, -0.15) is 0 Å². The molecule has 0 aliphatic carbocycles. The van der Waals surface area contributed by atoms with Gasteiger partial charge in [0.15, 0.2) is 0 Å². The molecule has 0 rings (SSSR count). The maximum atomic E-state index is 11.9. The molecular weight excluding hydrogens is 331 g/mol. The number of carboxylic acids is 1. The van der Waals surface area contributed by atoms with Gasteiger partial charge in [-0.3, -0.25) is 14.6 Å². The zero-order valence-electron chi connectivity index (χ0n) is 16.3. The van der Waals surface area contributed by atoms with Gasteiger partial charge in [-0.05, 0) is 24.7 Å². The number of carbonyl (C=O) groups excluding carboxylic acids is 1. The first-order valence-electron chi connectivity index (χ1n) is 9.11. The number of rotatable bonds is 14. The van der Waals surface area contributed by atoms with E-state index in [4.69, 9.17) is 5.11 Å². The van der Waals surface area contributed by atoms with Gasteiger partial charge in [-0.1, -0.05) is 65.7 Å². The summed E-state index contributed by atoms with van der Waals surface area (Å²) in [5.41, 5.74) is 0. The Morgan fingerprint density at radius 2 is 1.56 bits per heavy atom. The van der Waals surface area contributed by atoms with Crippen molar-refractivity contribution in [1.82, 2.24) is 5.32 Å². The molecule has 140 valence electrons.